The van der Waals surface area contributed by atoms with Crippen molar-refractivity contribution in [2.24, 2.45) is 17.3 Å². The van der Waals surface area contributed by atoms with E-state index in [9.17, 15) is 18.8 Å². The molecule has 9 heteroatoms. The molecule has 1 aliphatic rings. The van der Waals surface area contributed by atoms with Crippen LogP contribution in [0.3, 0.4) is 0 Å². The number of allylic oxidation sites excluding steroid dienone is 4. The fourth-order valence-electron chi connectivity index (χ4n) is 4.56. The van der Waals surface area contributed by atoms with Crippen LogP contribution in [0.4, 0.5) is 14.5 Å². The van der Waals surface area contributed by atoms with Gasteiger partial charge in [0.25, 0.3) is 0 Å². The number of nitrogens with one attached hydrogen (secondary N) is 2. The number of hydrogen-bond acceptors (Lipinski definition) is 6. The predicted octanol–water partition coefficient (Wildman–Crippen LogP) is 9.62. The molecule has 2 aromatic rings. The number of carbonyl (C=O) groups is 2. The molecule has 3 rings (SSSR count). The maximum absolute atomic E-state index is 14.3. The Morgan fingerprint density at radius 2 is 1.80 bits per heavy atom. The van der Waals surface area contributed by atoms with Crippen molar-refractivity contribution in [2.75, 3.05) is 26.0 Å². The van der Waals surface area contributed by atoms with E-state index in [0.29, 0.717) is 23.4 Å². The predicted molar refractivity (Wildman–Crippen MR) is 189 cm³/mol. The zero-order valence-electron chi connectivity index (χ0n) is 29.1. The average molecular weight is 660 g/mol. The van der Waals surface area contributed by atoms with Gasteiger partial charge in [0, 0.05) is 31.1 Å². The summed E-state index contributed by atoms with van der Waals surface area (Å²) in [5.74, 6) is -0.340. The lowest BCUT2D eigenvalue weighted by atomic mass is 9.79. The van der Waals surface area contributed by atoms with Crippen molar-refractivity contribution in [2.45, 2.75) is 67.9 Å². The van der Waals surface area contributed by atoms with E-state index in [1.807, 2.05) is 46.7 Å². The first-order valence-electron chi connectivity index (χ1n) is 15.0. The van der Waals surface area contributed by atoms with Crippen LogP contribution in [0.1, 0.15) is 70.8 Å². The molecule has 1 aliphatic heterocycles. The lowest BCUT2D eigenvalue weighted by Crippen LogP contribution is -2.31. The molecule has 3 unspecified atom stereocenters. The second-order valence-corrected chi connectivity index (χ2v) is 11.8. The Morgan fingerprint density at radius 3 is 2.20 bits per heavy atom. The first-order chi connectivity index (χ1) is 21.7. The van der Waals surface area contributed by atoms with E-state index in [1.165, 1.54) is 26.0 Å². The number of nitrogens with zero attached hydrogens (tertiary/aromatic N) is 1. The lowest BCUT2D eigenvalue weighted by Gasteiger charge is -2.26. The van der Waals surface area contributed by atoms with E-state index < -0.39 is 5.83 Å². The van der Waals surface area contributed by atoms with Gasteiger partial charge in [-0.15, -0.1) is 0 Å². The second-order valence-electron chi connectivity index (χ2n) is 11.3. The molecule has 0 amide bonds. The summed E-state index contributed by atoms with van der Waals surface area (Å²) in [6.45, 7) is 21.5. The zero-order chi connectivity index (χ0) is 36.0. The normalized spacial score (nSPS) is 17.3. The Balaban J connectivity index is 0. The summed E-state index contributed by atoms with van der Waals surface area (Å²) in [5.41, 5.74) is 3.09. The van der Waals surface area contributed by atoms with Crippen molar-refractivity contribution in [1.29, 1.82) is 5.26 Å². The van der Waals surface area contributed by atoms with Crippen LogP contribution >= 0.6 is 11.6 Å². The molecule has 0 aromatic heterocycles. The van der Waals surface area contributed by atoms with Crippen molar-refractivity contribution < 1.29 is 23.1 Å². The molecule has 46 heavy (non-hydrogen) atoms. The van der Waals surface area contributed by atoms with Crippen molar-refractivity contribution >= 4 is 29.9 Å². The number of ether oxygens (including phenoxy) is 1. The monoisotopic (exact) mass is 659 g/mol. The second kappa shape index (κ2) is 23.5. The third-order valence-electron chi connectivity index (χ3n) is 6.56. The van der Waals surface area contributed by atoms with Crippen molar-refractivity contribution in [1.82, 2.24) is 5.32 Å². The minimum absolute atomic E-state index is 0.0425. The summed E-state index contributed by atoms with van der Waals surface area (Å²) >= 11 is 5.80. The minimum atomic E-state index is -0.444. The number of methoxy groups -OCH3 is 1. The number of halogens is 3. The van der Waals surface area contributed by atoms with Crippen molar-refractivity contribution in [3.63, 3.8) is 0 Å². The number of benzene rings is 2. The van der Waals surface area contributed by atoms with Gasteiger partial charge < -0.3 is 20.2 Å². The molecular weight excluding hydrogens is 608 g/mol. The fourth-order valence-corrected chi connectivity index (χ4v) is 4.67. The Bertz CT molecular complexity index is 1310. The molecule has 1 fully saturated rings. The third kappa shape index (κ3) is 16.0. The van der Waals surface area contributed by atoms with Crippen LogP contribution in [0.25, 0.3) is 0 Å². The van der Waals surface area contributed by atoms with Gasteiger partial charge in [-0.05, 0) is 74.1 Å². The maximum atomic E-state index is 14.3. The van der Waals surface area contributed by atoms with Crippen molar-refractivity contribution in [3.05, 3.63) is 94.6 Å². The Morgan fingerprint density at radius 1 is 1.20 bits per heavy atom. The highest BCUT2D eigenvalue weighted by Gasteiger charge is 2.40. The Kier molecular flexibility index (Phi) is 22.7. The number of rotatable bonds is 7. The average Bonchev–Trinajstić information content (AvgIpc) is 3.41. The summed E-state index contributed by atoms with van der Waals surface area (Å²) in [5, 5.41) is 16.0. The van der Waals surface area contributed by atoms with Gasteiger partial charge in [0.1, 0.15) is 24.2 Å². The lowest BCUT2D eigenvalue weighted by molar-refractivity contribution is -0.0980. The standard InChI is InChI=1S/C17H24ClFN2.C10H13NO2.C7H7F.C2H6.CH2O/c1-6-7-12(16(19)11(2)18)14-10-21-15(13(14)9-20)8-17(3,4)5;1-7(12)8-4-5-9(11-2)10(6-8)13-3;1-6-3-2-4-7(8)5-6;2*1-2/h6-7,13-15,21H,1,8,10H2,2-5H3;4-6,11H,1-3H3;2-5H,1H3;1-2H3;1H2/b12-7-,16-11-;;;;. The number of Topliss-reactive ketones (excluding diaryl/α,β-unsaturated/α-hetero) is 1. The maximum Gasteiger partial charge on any atom is 0.159 e. The van der Waals surface area contributed by atoms with E-state index in [2.05, 4.69) is 44.1 Å². The first kappa shape index (κ1) is 44.3. The van der Waals surface area contributed by atoms with Gasteiger partial charge >= 0.3 is 0 Å². The van der Waals surface area contributed by atoms with Gasteiger partial charge in [-0.1, -0.05) is 77.1 Å². The minimum Gasteiger partial charge on any atom is -0.495 e. The van der Waals surface area contributed by atoms with E-state index >= 15 is 0 Å². The van der Waals surface area contributed by atoms with Crippen LogP contribution in [0.15, 0.2) is 77.6 Å². The highest BCUT2D eigenvalue weighted by atomic mass is 35.5. The molecule has 1 saturated heterocycles. The SMILES string of the molecule is C=C/C=C(\C(F)=C(/C)Cl)C1CNC(CC(C)(C)C)C1C#N.C=O.CC.CNc1ccc(C(C)=O)cc1OC.Cc1cccc(F)c1. The van der Waals surface area contributed by atoms with E-state index in [-0.39, 0.29) is 39.9 Å². The van der Waals surface area contributed by atoms with Gasteiger partial charge in [0.2, 0.25) is 0 Å². The summed E-state index contributed by atoms with van der Waals surface area (Å²) in [6, 6.07) is 14.3. The number of hydrogen-bond donors (Lipinski definition) is 2. The summed E-state index contributed by atoms with van der Waals surface area (Å²) < 4.78 is 31.6. The molecule has 3 atom stereocenters. The summed E-state index contributed by atoms with van der Waals surface area (Å²) in [7, 11) is 3.39. The zero-order valence-corrected chi connectivity index (χ0v) is 29.8. The quantitative estimate of drug-likeness (QED) is 0.227. The molecule has 0 aliphatic carbocycles. The molecule has 0 saturated carbocycles. The van der Waals surface area contributed by atoms with Crippen LogP contribution in [-0.2, 0) is 4.79 Å². The highest BCUT2D eigenvalue weighted by Crippen LogP contribution is 2.38. The van der Waals surface area contributed by atoms with Gasteiger partial charge in [-0.2, -0.15) is 5.26 Å². The number of ketones is 1. The van der Waals surface area contributed by atoms with Crippen LogP contribution in [0.5, 0.6) is 5.75 Å². The Labute approximate surface area is 280 Å². The molecule has 1 heterocycles. The van der Waals surface area contributed by atoms with Crippen LogP contribution in [0, 0.1) is 41.3 Å². The summed E-state index contributed by atoms with van der Waals surface area (Å²) in [4.78, 5) is 19.0. The fraction of sp³-hybridized carbons (Fsp3) is 0.432. The van der Waals surface area contributed by atoms with E-state index in [0.717, 1.165) is 17.7 Å². The molecule has 254 valence electrons. The number of nitriles is 1. The van der Waals surface area contributed by atoms with Gasteiger partial charge in [0.05, 0.1) is 29.8 Å². The molecule has 0 spiro atoms. The molecular formula is C37H52ClF2N3O3. The van der Waals surface area contributed by atoms with Crippen LogP contribution in [-0.4, -0.2) is 39.3 Å². The molecule has 0 radical (unpaired) electrons. The summed E-state index contributed by atoms with van der Waals surface area (Å²) in [6.07, 6.45) is 4.03. The third-order valence-corrected chi connectivity index (χ3v) is 6.72. The molecule has 2 N–H and O–H groups in total. The Hall–Kier alpha value is -3.80. The largest absolute Gasteiger partial charge is 0.495 e. The highest BCUT2D eigenvalue weighted by molar-refractivity contribution is 6.29. The molecule has 0 bridgehead atoms. The molecule has 6 nitrogen and oxygen atoms in total. The van der Waals surface area contributed by atoms with Crippen molar-refractivity contribution in [3.8, 4) is 11.8 Å². The topological polar surface area (TPSA) is 91.2 Å². The first-order valence-corrected chi connectivity index (χ1v) is 15.4. The van der Waals surface area contributed by atoms with Gasteiger partial charge in [-0.3, -0.25) is 4.79 Å². The van der Waals surface area contributed by atoms with Gasteiger partial charge in [0.15, 0.2) is 5.78 Å². The van der Waals surface area contributed by atoms with Crippen LogP contribution in [0.2, 0.25) is 0 Å². The molecule has 2 aromatic carbocycles. The van der Waals surface area contributed by atoms with E-state index in [1.54, 1.807) is 37.5 Å². The van der Waals surface area contributed by atoms with Gasteiger partial charge in [-0.25, -0.2) is 8.78 Å². The smallest absolute Gasteiger partial charge is 0.159 e. The number of aryl methyl sites for hydroxylation is 1. The number of anilines is 1. The van der Waals surface area contributed by atoms with Crippen LogP contribution < -0.4 is 15.4 Å². The van der Waals surface area contributed by atoms with E-state index in [4.69, 9.17) is 21.1 Å². The number of carbonyl (C=O) groups excluding carboxylic acids is 2.